The lowest BCUT2D eigenvalue weighted by atomic mass is 9.96. The van der Waals surface area contributed by atoms with Gasteiger partial charge in [-0.25, -0.2) is 0 Å². The first-order chi connectivity index (χ1) is 9.31. The molecule has 0 saturated carbocycles. The molecule has 2 N–H and O–H groups in total. The lowest BCUT2D eigenvalue weighted by molar-refractivity contribution is 0.431. The highest BCUT2D eigenvalue weighted by molar-refractivity contribution is 4.55. The van der Waals surface area contributed by atoms with E-state index in [1.165, 1.54) is 89.9 Å². The van der Waals surface area contributed by atoms with Gasteiger partial charge in [-0.3, -0.25) is 0 Å². The van der Waals surface area contributed by atoms with Gasteiger partial charge in [0.05, 0.1) is 0 Å². The van der Waals surface area contributed by atoms with Gasteiger partial charge in [0.2, 0.25) is 0 Å². The zero-order chi connectivity index (χ0) is 14.2. The molecule has 0 rings (SSSR count). The summed E-state index contributed by atoms with van der Waals surface area (Å²) < 4.78 is 0. The molecule has 116 valence electrons. The van der Waals surface area contributed by atoms with E-state index in [1.54, 1.807) is 0 Å². The van der Waals surface area contributed by atoms with E-state index in [2.05, 4.69) is 13.8 Å². The smallest absolute Gasteiger partial charge is 0.00773 e. The van der Waals surface area contributed by atoms with Crippen molar-refractivity contribution in [1.29, 1.82) is 0 Å². The normalized spacial score (nSPS) is 12.8. The Morgan fingerprint density at radius 1 is 0.632 bits per heavy atom. The Morgan fingerprint density at radius 2 is 1.05 bits per heavy atom. The van der Waals surface area contributed by atoms with Crippen LogP contribution in [0.5, 0.6) is 0 Å². The maximum atomic E-state index is 5.49. The molecule has 0 fully saturated rings. The predicted molar refractivity (Wildman–Crippen MR) is 88.5 cm³/mol. The summed E-state index contributed by atoms with van der Waals surface area (Å²) in [5.74, 6) is 0.954. The van der Waals surface area contributed by atoms with Gasteiger partial charge in [0, 0.05) is 0 Å². The highest BCUT2D eigenvalue weighted by Gasteiger charge is 2.01. The molecule has 0 aromatic rings. The third-order valence-electron chi connectivity index (χ3n) is 4.20. The van der Waals surface area contributed by atoms with E-state index in [0.29, 0.717) is 0 Å². The Kier molecular flexibility index (Phi) is 16.0. The fourth-order valence-corrected chi connectivity index (χ4v) is 2.76. The number of unbranched alkanes of at least 4 members (excludes halogenated alkanes) is 10. The molecule has 0 aliphatic rings. The molecule has 0 aromatic carbocycles. The Bertz CT molecular complexity index is 156. The highest BCUT2D eigenvalue weighted by atomic mass is 14.5. The topological polar surface area (TPSA) is 26.0 Å². The van der Waals surface area contributed by atoms with Crippen LogP contribution < -0.4 is 5.73 Å². The second-order valence-electron chi connectivity index (χ2n) is 6.36. The Hall–Kier alpha value is -0.0400. The fraction of sp³-hybridized carbons (Fsp3) is 1.00. The molecule has 0 saturated heterocycles. The monoisotopic (exact) mass is 269 g/mol. The van der Waals surface area contributed by atoms with Gasteiger partial charge in [-0.2, -0.15) is 0 Å². The molecule has 0 amide bonds. The third kappa shape index (κ3) is 15.9. The number of hydrogen-bond donors (Lipinski definition) is 1. The first-order valence-electron chi connectivity index (χ1n) is 9.01. The van der Waals surface area contributed by atoms with Gasteiger partial charge >= 0.3 is 0 Å². The minimum atomic E-state index is 0.870. The lowest BCUT2D eigenvalue weighted by Crippen LogP contribution is -1.98. The molecule has 19 heavy (non-hydrogen) atoms. The summed E-state index contributed by atoms with van der Waals surface area (Å²) >= 11 is 0. The molecule has 1 atom stereocenters. The average molecular weight is 270 g/mol. The van der Waals surface area contributed by atoms with Crippen molar-refractivity contribution in [2.75, 3.05) is 6.54 Å². The summed E-state index contributed by atoms with van der Waals surface area (Å²) in [6, 6.07) is 0. The van der Waals surface area contributed by atoms with Gasteiger partial charge in [0.25, 0.3) is 0 Å². The summed E-state index contributed by atoms with van der Waals surface area (Å²) in [5, 5.41) is 0. The average Bonchev–Trinajstić information content (AvgIpc) is 2.41. The van der Waals surface area contributed by atoms with Crippen LogP contribution in [0.15, 0.2) is 0 Å². The van der Waals surface area contributed by atoms with Crippen molar-refractivity contribution in [3.05, 3.63) is 0 Å². The van der Waals surface area contributed by atoms with Crippen LogP contribution in [0, 0.1) is 5.92 Å². The summed E-state index contributed by atoms with van der Waals surface area (Å²) in [5.41, 5.74) is 5.49. The molecule has 1 nitrogen and oxygen atoms in total. The van der Waals surface area contributed by atoms with Crippen molar-refractivity contribution in [2.24, 2.45) is 11.7 Å². The SMILES string of the molecule is CCCCCCCCC(C)CCCCCCCCN. The summed E-state index contributed by atoms with van der Waals surface area (Å²) in [4.78, 5) is 0. The van der Waals surface area contributed by atoms with Crippen LogP contribution in [0.1, 0.15) is 104 Å². The van der Waals surface area contributed by atoms with Crippen LogP contribution in [0.25, 0.3) is 0 Å². The Morgan fingerprint density at radius 3 is 1.53 bits per heavy atom. The zero-order valence-corrected chi connectivity index (χ0v) is 13.8. The molecule has 0 heterocycles. The molecule has 0 aliphatic heterocycles. The molecule has 0 aromatic heterocycles. The molecular weight excluding hydrogens is 230 g/mol. The number of rotatable bonds is 15. The van der Waals surface area contributed by atoms with Crippen molar-refractivity contribution in [1.82, 2.24) is 0 Å². The maximum absolute atomic E-state index is 5.49. The van der Waals surface area contributed by atoms with Crippen molar-refractivity contribution < 1.29 is 0 Å². The predicted octanol–water partition coefficient (Wildman–Crippen LogP) is 6.06. The van der Waals surface area contributed by atoms with Crippen LogP contribution in [-0.2, 0) is 0 Å². The standard InChI is InChI=1S/C18H39N/c1-3-4-5-6-9-12-15-18(2)16-13-10-7-8-11-14-17-19/h18H,3-17,19H2,1-2H3. The quantitative estimate of drug-likeness (QED) is 0.359. The lowest BCUT2D eigenvalue weighted by Gasteiger charge is -2.11. The highest BCUT2D eigenvalue weighted by Crippen LogP contribution is 2.18. The molecular formula is C18H39N. The van der Waals surface area contributed by atoms with E-state index < -0.39 is 0 Å². The van der Waals surface area contributed by atoms with Crippen molar-refractivity contribution >= 4 is 0 Å². The molecule has 0 aliphatic carbocycles. The van der Waals surface area contributed by atoms with Gasteiger partial charge in [-0.1, -0.05) is 97.3 Å². The molecule has 0 spiro atoms. The number of nitrogens with two attached hydrogens (primary N) is 1. The van der Waals surface area contributed by atoms with Gasteiger partial charge < -0.3 is 5.73 Å². The third-order valence-corrected chi connectivity index (χ3v) is 4.20. The minimum Gasteiger partial charge on any atom is -0.330 e. The van der Waals surface area contributed by atoms with E-state index >= 15 is 0 Å². The largest absolute Gasteiger partial charge is 0.330 e. The van der Waals surface area contributed by atoms with Gasteiger partial charge in [-0.15, -0.1) is 0 Å². The van der Waals surface area contributed by atoms with Gasteiger partial charge in [-0.05, 0) is 18.9 Å². The zero-order valence-electron chi connectivity index (χ0n) is 13.8. The first-order valence-corrected chi connectivity index (χ1v) is 9.01. The van der Waals surface area contributed by atoms with Gasteiger partial charge in [0.1, 0.15) is 0 Å². The molecule has 1 unspecified atom stereocenters. The fourth-order valence-electron chi connectivity index (χ4n) is 2.76. The second-order valence-corrected chi connectivity index (χ2v) is 6.36. The van der Waals surface area contributed by atoms with Crippen molar-refractivity contribution in [3.8, 4) is 0 Å². The summed E-state index contributed by atoms with van der Waals surface area (Å²) in [6.45, 7) is 5.61. The van der Waals surface area contributed by atoms with Crippen molar-refractivity contribution in [2.45, 2.75) is 104 Å². The van der Waals surface area contributed by atoms with Crippen LogP contribution in [0.4, 0.5) is 0 Å². The Balaban J connectivity index is 3.10. The van der Waals surface area contributed by atoms with Crippen LogP contribution in [0.3, 0.4) is 0 Å². The molecule has 1 heteroatoms. The summed E-state index contributed by atoms with van der Waals surface area (Å²) in [7, 11) is 0. The van der Waals surface area contributed by atoms with E-state index in [1.807, 2.05) is 0 Å². The first kappa shape index (κ1) is 19.0. The molecule has 0 radical (unpaired) electrons. The Labute approximate surface area is 122 Å². The van der Waals surface area contributed by atoms with E-state index in [9.17, 15) is 0 Å². The second kappa shape index (κ2) is 16.0. The minimum absolute atomic E-state index is 0.870. The van der Waals surface area contributed by atoms with E-state index in [0.717, 1.165) is 12.5 Å². The van der Waals surface area contributed by atoms with E-state index in [-0.39, 0.29) is 0 Å². The maximum Gasteiger partial charge on any atom is -0.00773 e. The molecule has 0 bridgehead atoms. The van der Waals surface area contributed by atoms with Gasteiger partial charge in [0.15, 0.2) is 0 Å². The van der Waals surface area contributed by atoms with Crippen LogP contribution in [-0.4, -0.2) is 6.54 Å². The summed E-state index contributed by atoms with van der Waals surface area (Å²) in [6.07, 6.45) is 19.8. The van der Waals surface area contributed by atoms with E-state index in [4.69, 9.17) is 5.73 Å². The van der Waals surface area contributed by atoms with Crippen molar-refractivity contribution in [3.63, 3.8) is 0 Å². The van der Waals surface area contributed by atoms with Crippen LogP contribution in [0.2, 0.25) is 0 Å². The number of hydrogen-bond acceptors (Lipinski definition) is 1. The van der Waals surface area contributed by atoms with Crippen LogP contribution >= 0.6 is 0 Å².